The summed E-state index contributed by atoms with van der Waals surface area (Å²) in [6.45, 7) is 1.98. The van der Waals surface area contributed by atoms with Crippen LogP contribution in [0.4, 0.5) is 37.0 Å². The average Bonchev–Trinajstić information content (AvgIpc) is 3.09. The molecule has 0 aliphatic carbocycles. The maximum atomic E-state index is 13.1. The van der Waals surface area contributed by atoms with Gasteiger partial charge in [0.05, 0.1) is 22.6 Å². The molecule has 13 heteroatoms. The number of aromatic nitrogens is 1. The van der Waals surface area contributed by atoms with Crippen LogP contribution in [0.1, 0.15) is 25.0 Å². The van der Waals surface area contributed by atoms with Crippen molar-refractivity contribution in [2.24, 2.45) is 0 Å². The Kier molecular flexibility index (Phi) is 5.69. The molecule has 1 amide bonds. The van der Waals surface area contributed by atoms with Gasteiger partial charge in [-0.2, -0.15) is 26.3 Å². The van der Waals surface area contributed by atoms with Gasteiger partial charge in [-0.05, 0) is 44.2 Å². The molecule has 1 saturated heterocycles. The van der Waals surface area contributed by atoms with Crippen LogP contribution in [0.25, 0.3) is 0 Å². The molecule has 2 heterocycles. The second kappa shape index (κ2) is 7.64. The molecule has 32 heavy (non-hydrogen) atoms. The highest BCUT2D eigenvalue weighted by molar-refractivity contribution is 7.92. The number of hydrogen-bond acceptors (Lipinski definition) is 5. The van der Waals surface area contributed by atoms with E-state index < -0.39 is 55.2 Å². The molecule has 1 fully saturated rings. The van der Waals surface area contributed by atoms with E-state index >= 15 is 0 Å². The molecule has 1 aromatic carbocycles. The van der Waals surface area contributed by atoms with Crippen LogP contribution in [0.2, 0.25) is 0 Å². The van der Waals surface area contributed by atoms with Crippen molar-refractivity contribution in [3.8, 4) is 0 Å². The van der Waals surface area contributed by atoms with Crippen LogP contribution >= 0.6 is 0 Å². The van der Waals surface area contributed by atoms with Crippen LogP contribution in [-0.4, -0.2) is 36.9 Å². The molecule has 6 nitrogen and oxygen atoms in total. The van der Waals surface area contributed by atoms with E-state index in [0.29, 0.717) is 18.3 Å². The summed E-state index contributed by atoms with van der Waals surface area (Å²) in [6, 6.07) is 4.79. The zero-order chi connectivity index (χ0) is 24.1. The van der Waals surface area contributed by atoms with E-state index in [9.17, 15) is 39.6 Å². The summed E-state index contributed by atoms with van der Waals surface area (Å²) in [4.78, 5) is 16.1. The van der Waals surface area contributed by atoms with Gasteiger partial charge in [0, 0.05) is 6.20 Å². The number of halogens is 6. The molecule has 0 unspecified atom stereocenters. The molecule has 0 N–H and O–H groups in total. The van der Waals surface area contributed by atoms with Gasteiger partial charge in [-0.25, -0.2) is 18.2 Å². The van der Waals surface area contributed by atoms with Gasteiger partial charge in [0.2, 0.25) is 0 Å². The van der Waals surface area contributed by atoms with Gasteiger partial charge >= 0.3 is 18.4 Å². The molecule has 0 spiro atoms. The molecule has 0 bridgehead atoms. The molecule has 1 aliphatic rings. The van der Waals surface area contributed by atoms with E-state index in [0.717, 1.165) is 29.2 Å². The Morgan fingerprint density at radius 3 is 2.16 bits per heavy atom. The number of benzene rings is 1. The highest BCUT2D eigenvalue weighted by Crippen LogP contribution is 2.37. The number of alkyl halides is 6. The number of ether oxygens (including phenoxy) is 1. The molecule has 1 aromatic heterocycles. The molecule has 2 aromatic rings. The third kappa shape index (κ3) is 4.25. The first kappa shape index (κ1) is 23.8. The van der Waals surface area contributed by atoms with Gasteiger partial charge in [-0.15, -0.1) is 0 Å². The number of rotatable bonds is 4. The van der Waals surface area contributed by atoms with Gasteiger partial charge in [-0.1, -0.05) is 6.07 Å². The van der Waals surface area contributed by atoms with E-state index in [4.69, 9.17) is 4.74 Å². The summed E-state index contributed by atoms with van der Waals surface area (Å²) in [7, 11) is -4.43. The Bertz CT molecular complexity index is 1130. The highest BCUT2D eigenvalue weighted by Gasteiger charge is 2.50. The van der Waals surface area contributed by atoms with E-state index in [1.807, 2.05) is 0 Å². The lowest BCUT2D eigenvalue weighted by molar-refractivity contribution is -0.138. The zero-order valence-corrected chi connectivity index (χ0v) is 17.3. The summed E-state index contributed by atoms with van der Waals surface area (Å²) >= 11 is 0. The fraction of sp³-hybridized carbons (Fsp3) is 0.368. The lowest BCUT2D eigenvalue weighted by atomic mass is 10.1. The summed E-state index contributed by atoms with van der Waals surface area (Å²) in [5, 5.41) is 0. The number of nitrogens with zero attached hydrogens (tertiary/aromatic N) is 2. The van der Waals surface area contributed by atoms with E-state index in [-0.39, 0.29) is 12.4 Å². The van der Waals surface area contributed by atoms with Crippen LogP contribution in [0.15, 0.2) is 47.5 Å². The Hall–Kier alpha value is -2.83. The van der Waals surface area contributed by atoms with Crippen molar-refractivity contribution in [3.63, 3.8) is 0 Å². The molecule has 0 saturated carbocycles. The monoisotopic (exact) mass is 482 g/mol. The van der Waals surface area contributed by atoms with Gasteiger partial charge in [-0.3, -0.25) is 4.90 Å². The lowest BCUT2D eigenvalue weighted by Crippen LogP contribution is -2.46. The minimum atomic E-state index is -4.76. The van der Waals surface area contributed by atoms with Gasteiger partial charge < -0.3 is 4.74 Å². The lowest BCUT2D eigenvalue weighted by Gasteiger charge is -2.29. The van der Waals surface area contributed by atoms with Crippen molar-refractivity contribution in [2.45, 2.75) is 41.9 Å². The standard InChI is InChI=1S/C19H16F6N2O4S/c1-17(2,32(29,30)13-5-3-4-11(8-13)18(20,21)22)14-10-27(16(28)31-14)15-7-6-12(9-26-15)19(23,24)25/h3-9,14H,10H2,1-2H3/t14-/m0/s1. The molecular formula is C19H16F6N2O4S. The van der Waals surface area contributed by atoms with Crippen LogP contribution in [0.5, 0.6) is 0 Å². The number of hydrogen-bond donors (Lipinski definition) is 0. The predicted octanol–water partition coefficient (Wildman–Crippen LogP) is 4.70. The summed E-state index contributed by atoms with van der Waals surface area (Å²) < 4.78 is 107. The molecule has 1 atom stereocenters. The van der Waals surface area contributed by atoms with E-state index in [2.05, 4.69) is 4.98 Å². The third-order valence-electron chi connectivity index (χ3n) is 5.10. The van der Waals surface area contributed by atoms with Crippen LogP contribution in [-0.2, 0) is 26.9 Å². The fourth-order valence-corrected chi connectivity index (χ4v) is 4.66. The SMILES string of the molecule is CC(C)([C@@H]1CN(c2ccc(C(F)(F)F)cn2)C(=O)O1)S(=O)(=O)c1cccc(C(F)(F)F)c1. The largest absolute Gasteiger partial charge is 0.442 e. The first-order valence-corrected chi connectivity index (χ1v) is 10.5. The Morgan fingerprint density at radius 1 is 1.00 bits per heavy atom. The van der Waals surface area contributed by atoms with Crippen molar-refractivity contribution < 1.29 is 44.3 Å². The smallest absolute Gasteiger partial charge is 0.417 e. The zero-order valence-electron chi connectivity index (χ0n) is 16.5. The number of carbonyl (C=O) groups excluding carboxylic acids is 1. The molecule has 174 valence electrons. The summed E-state index contributed by atoms with van der Waals surface area (Å²) in [6.07, 6.45) is -11.3. The van der Waals surface area contributed by atoms with Crippen LogP contribution in [0.3, 0.4) is 0 Å². The highest BCUT2D eigenvalue weighted by atomic mass is 32.2. The molecular weight excluding hydrogens is 466 g/mol. The Morgan fingerprint density at radius 2 is 1.62 bits per heavy atom. The van der Waals surface area contributed by atoms with Crippen LogP contribution in [0, 0.1) is 0 Å². The number of pyridine rings is 1. The Balaban J connectivity index is 1.89. The van der Waals surface area contributed by atoms with Crippen molar-refractivity contribution >= 4 is 21.7 Å². The van der Waals surface area contributed by atoms with E-state index in [1.165, 1.54) is 13.8 Å². The molecule has 0 radical (unpaired) electrons. The predicted molar refractivity (Wildman–Crippen MR) is 99.6 cm³/mol. The Labute approximate surface area is 178 Å². The summed E-state index contributed by atoms with van der Waals surface area (Å²) in [5.74, 6) is -0.197. The van der Waals surface area contributed by atoms with Crippen molar-refractivity contribution in [1.29, 1.82) is 0 Å². The third-order valence-corrected chi connectivity index (χ3v) is 7.63. The van der Waals surface area contributed by atoms with E-state index in [1.54, 1.807) is 0 Å². The number of carbonyl (C=O) groups is 1. The number of cyclic esters (lactones) is 1. The van der Waals surface area contributed by atoms with Gasteiger partial charge in [0.15, 0.2) is 9.84 Å². The average molecular weight is 482 g/mol. The van der Waals surface area contributed by atoms with Crippen molar-refractivity contribution in [3.05, 3.63) is 53.7 Å². The first-order valence-electron chi connectivity index (χ1n) is 8.98. The van der Waals surface area contributed by atoms with Crippen molar-refractivity contribution in [2.75, 3.05) is 11.4 Å². The second-order valence-corrected chi connectivity index (χ2v) is 10.0. The minimum Gasteiger partial charge on any atom is -0.442 e. The minimum absolute atomic E-state index is 0.197. The van der Waals surface area contributed by atoms with Crippen LogP contribution < -0.4 is 4.90 Å². The number of amides is 1. The van der Waals surface area contributed by atoms with Crippen molar-refractivity contribution in [1.82, 2.24) is 4.98 Å². The topological polar surface area (TPSA) is 76.6 Å². The molecule has 1 aliphatic heterocycles. The number of sulfone groups is 1. The maximum Gasteiger partial charge on any atom is 0.417 e. The first-order chi connectivity index (χ1) is 14.5. The van der Waals surface area contributed by atoms with Gasteiger partial charge in [0.1, 0.15) is 16.7 Å². The maximum absolute atomic E-state index is 13.1. The number of anilines is 1. The molecule has 3 rings (SSSR count). The normalized spacial score (nSPS) is 18.1. The fourth-order valence-electron chi connectivity index (χ4n) is 3.04. The quantitative estimate of drug-likeness (QED) is 0.591. The second-order valence-electron chi connectivity index (χ2n) is 7.52. The van der Waals surface area contributed by atoms with Gasteiger partial charge in [0.25, 0.3) is 0 Å². The summed E-state index contributed by atoms with van der Waals surface area (Å²) in [5.41, 5.74) is -2.20.